The minimum absolute atomic E-state index is 0.200. The van der Waals surface area contributed by atoms with Crippen LogP contribution in [0.1, 0.15) is 19.3 Å². The molecule has 0 bridgehead atoms. The summed E-state index contributed by atoms with van der Waals surface area (Å²) in [7, 11) is 0. The summed E-state index contributed by atoms with van der Waals surface area (Å²) in [5.74, 6) is 0.0698. The van der Waals surface area contributed by atoms with Gasteiger partial charge in [-0.3, -0.25) is 9.69 Å². The topological polar surface area (TPSA) is 56.4 Å². The van der Waals surface area contributed by atoms with Crippen LogP contribution < -0.4 is 16.0 Å². The molecule has 0 radical (unpaired) electrons. The van der Waals surface area contributed by atoms with Gasteiger partial charge in [0, 0.05) is 39.3 Å². The zero-order chi connectivity index (χ0) is 16.5. The van der Waals surface area contributed by atoms with E-state index < -0.39 is 17.6 Å². The van der Waals surface area contributed by atoms with E-state index in [1.54, 1.807) is 0 Å². The molecule has 8 heteroatoms. The molecular weight excluding hydrogens is 309 g/mol. The van der Waals surface area contributed by atoms with Crippen LogP contribution in [0, 0.1) is 11.3 Å². The lowest BCUT2D eigenvalue weighted by atomic mass is 9.80. The number of rotatable bonds is 4. The quantitative estimate of drug-likeness (QED) is 0.694. The van der Waals surface area contributed by atoms with Gasteiger partial charge in [0.05, 0.1) is 5.41 Å². The van der Waals surface area contributed by atoms with E-state index in [4.69, 9.17) is 0 Å². The molecule has 3 rings (SSSR count). The minimum Gasteiger partial charge on any atom is -0.354 e. The van der Waals surface area contributed by atoms with Gasteiger partial charge in [0.15, 0.2) is 0 Å². The normalized spacial score (nSPS) is 33.4. The molecule has 1 amide bonds. The Morgan fingerprint density at radius 3 is 2.74 bits per heavy atom. The third-order valence-corrected chi connectivity index (χ3v) is 5.67. The Balaban J connectivity index is 1.63. The van der Waals surface area contributed by atoms with Crippen LogP contribution in [0.4, 0.5) is 13.2 Å². The van der Waals surface area contributed by atoms with E-state index in [1.165, 1.54) is 4.90 Å². The van der Waals surface area contributed by atoms with Crippen molar-refractivity contribution in [2.24, 2.45) is 11.3 Å². The molecule has 1 saturated carbocycles. The molecular formula is C15H25F3N4O. The molecule has 0 aromatic carbocycles. The van der Waals surface area contributed by atoms with Gasteiger partial charge < -0.3 is 16.0 Å². The Morgan fingerprint density at radius 2 is 2.04 bits per heavy atom. The zero-order valence-electron chi connectivity index (χ0n) is 13.2. The lowest BCUT2D eigenvalue weighted by Crippen LogP contribution is -2.58. The number of halogens is 3. The number of carbonyl (C=O) groups excluding carboxylic acids is 1. The van der Waals surface area contributed by atoms with Crippen molar-refractivity contribution >= 4 is 5.91 Å². The van der Waals surface area contributed by atoms with Crippen molar-refractivity contribution in [3.63, 3.8) is 0 Å². The number of piperazine rings is 1. The molecule has 3 atom stereocenters. The maximum Gasteiger partial charge on any atom is 0.405 e. The van der Waals surface area contributed by atoms with Crippen LogP contribution in [-0.4, -0.2) is 68.8 Å². The molecule has 0 spiro atoms. The number of carbonyl (C=O) groups is 1. The van der Waals surface area contributed by atoms with Crippen LogP contribution in [0.5, 0.6) is 0 Å². The van der Waals surface area contributed by atoms with E-state index in [2.05, 4.69) is 16.0 Å². The highest BCUT2D eigenvalue weighted by Gasteiger charge is 2.52. The minimum atomic E-state index is -4.33. The van der Waals surface area contributed by atoms with Crippen LogP contribution in [-0.2, 0) is 4.79 Å². The Kier molecular flexibility index (Phi) is 4.85. The largest absolute Gasteiger partial charge is 0.405 e. The summed E-state index contributed by atoms with van der Waals surface area (Å²) in [5, 5.41) is 8.91. The fraction of sp³-hybridized carbons (Fsp3) is 0.933. The lowest BCUT2D eigenvalue weighted by Gasteiger charge is -2.37. The second kappa shape index (κ2) is 6.57. The van der Waals surface area contributed by atoms with E-state index >= 15 is 0 Å². The number of nitrogens with zero attached hydrogens (tertiary/aromatic N) is 1. The SMILES string of the molecule is O=C(NC[C@H](N1CCNCC1)C(F)(F)F)[C@@]12CCC[C@@H]1CNC2. The lowest BCUT2D eigenvalue weighted by molar-refractivity contribution is -0.184. The molecule has 3 aliphatic rings. The maximum atomic E-state index is 13.4. The second-order valence-corrected chi connectivity index (χ2v) is 6.93. The maximum absolute atomic E-state index is 13.4. The molecule has 0 aromatic rings. The molecule has 3 N–H and O–H groups in total. The number of nitrogens with one attached hydrogen (secondary N) is 3. The van der Waals surface area contributed by atoms with Gasteiger partial charge in [-0.25, -0.2) is 0 Å². The molecule has 0 unspecified atom stereocenters. The van der Waals surface area contributed by atoms with E-state index in [1.807, 2.05) is 0 Å². The van der Waals surface area contributed by atoms with E-state index in [-0.39, 0.29) is 18.4 Å². The number of alkyl halides is 3. The van der Waals surface area contributed by atoms with Crippen LogP contribution in [0.2, 0.25) is 0 Å². The van der Waals surface area contributed by atoms with Crippen LogP contribution >= 0.6 is 0 Å². The van der Waals surface area contributed by atoms with Crippen molar-refractivity contribution in [3.8, 4) is 0 Å². The van der Waals surface area contributed by atoms with Gasteiger partial charge in [0.2, 0.25) is 5.91 Å². The summed E-state index contributed by atoms with van der Waals surface area (Å²) in [6, 6.07) is -1.60. The number of fused-ring (bicyclic) bond motifs is 1. The van der Waals surface area contributed by atoms with Gasteiger partial charge in [-0.1, -0.05) is 6.42 Å². The van der Waals surface area contributed by atoms with E-state index in [9.17, 15) is 18.0 Å². The third kappa shape index (κ3) is 3.34. The summed E-state index contributed by atoms with van der Waals surface area (Å²) in [5.41, 5.74) is -0.487. The molecule has 2 saturated heterocycles. The number of hydrogen-bond donors (Lipinski definition) is 3. The van der Waals surface area contributed by atoms with E-state index in [0.29, 0.717) is 32.7 Å². The molecule has 1 aliphatic carbocycles. The van der Waals surface area contributed by atoms with Crippen molar-refractivity contribution in [3.05, 3.63) is 0 Å². The Bertz CT molecular complexity index is 427. The summed E-state index contributed by atoms with van der Waals surface area (Å²) < 4.78 is 40.1. The summed E-state index contributed by atoms with van der Waals surface area (Å²) in [4.78, 5) is 14.0. The first kappa shape index (κ1) is 17.0. The summed E-state index contributed by atoms with van der Waals surface area (Å²) in [6.07, 6.45) is -1.58. The molecule has 23 heavy (non-hydrogen) atoms. The van der Waals surface area contributed by atoms with Gasteiger partial charge in [0.25, 0.3) is 0 Å². The highest BCUT2D eigenvalue weighted by molar-refractivity contribution is 5.84. The van der Waals surface area contributed by atoms with Gasteiger partial charge >= 0.3 is 6.18 Å². The Morgan fingerprint density at radius 1 is 1.30 bits per heavy atom. The van der Waals surface area contributed by atoms with E-state index in [0.717, 1.165) is 25.8 Å². The van der Waals surface area contributed by atoms with Crippen LogP contribution in [0.3, 0.4) is 0 Å². The van der Waals surface area contributed by atoms with Gasteiger partial charge in [-0.15, -0.1) is 0 Å². The first-order chi connectivity index (χ1) is 10.9. The predicted octanol–water partition coefficient (Wildman–Crippen LogP) is 0.328. The van der Waals surface area contributed by atoms with Gasteiger partial charge in [0.1, 0.15) is 6.04 Å². The molecule has 132 valence electrons. The van der Waals surface area contributed by atoms with Crippen molar-refractivity contribution in [1.82, 2.24) is 20.9 Å². The third-order valence-electron chi connectivity index (χ3n) is 5.67. The first-order valence-electron chi connectivity index (χ1n) is 8.44. The average molecular weight is 334 g/mol. The van der Waals surface area contributed by atoms with Crippen molar-refractivity contribution in [2.45, 2.75) is 31.5 Å². The number of amides is 1. The fourth-order valence-electron chi connectivity index (χ4n) is 4.33. The molecule has 2 heterocycles. The molecule has 2 aliphatic heterocycles. The van der Waals surface area contributed by atoms with Crippen molar-refractivity contribution in [2.75, 3.05) is 45.8 Å². The van der Waals surface area contributed by atoms with Crippen LogP contribution in [0.25, 0.3) is 0 Å². The van der Waals surface area contributed by atoms with Gasteiger partial charge in [-0.05, 0) is 25.3 Å². The summed E-state index contributed by atoms with van der Waals surface area (Å²) >= 11 is 0. The highest BCUT2D eigenvalue weighted by Crippen LogP contribution is 2.45. The Hall–Kier alpha value is -0.860. The average Bonchev–Trinajstić information content (AvgIpc) is 3.07. The van der Waals surface area contributed by atoms with Gasteiger partial charge in [-0.2, -0.15) is 13.2 Å². The van der Waals surface area contributed by atoms with Crippen molar-refractivity contribution < 1.29 is 18.0 Å². The zero-order valence-corrected chi connectivity index (χ0v) is 13.2. The molecule has 3 fully saturated rings. The van der Waals surface area contributed by atoms with Crippen molar-refractivity contribution in [1.29, 1.82) is 0 Å². The fourth-order valence-corrected chi connectivity index (χ4v) is 4.33. The standard InChI is InChI=1S/C15H25F3N4O/c16-15(17,18)12(22-6-4-19-5-7-22)9-21-13(23)14-3-1-2-11(14)8-20-10-14/h11-12,19-20H,1-10H2,(H,21,23)/t11-,12+,14-/m1/s1. The monoisotopic (exact) mass is 334 g/mol. The first-order valence-corrected chi connectivity index (χ1v) is 8.44. The van der Waals surface area contributed by atoms with Crippen LogP contribution in [0.15, 0.2) is 0 Å². The second-order valence-electron chi connectivity index (χ2n) is 6.93. The highest BCUT2D eigenvalue weighted by atomic mass is 19.4. The predicted molar refractivity (Wildman–Crippen MR) is 79.9 cm³/mol. The smallest absolute Gasteiger partial charge is 0.354 e. The summed E-state index contributed by atoms with van der Waals surface area (Å²) in [6.45, 7) is 2.86. The molecule has 0 aromatic heterocycles. The number of hydrogen-bond acceptors (Lipinski definition) is 4. The Labute approximate surface area is 134 Å². The molecule has 5 nitrogen and oxygen atoms in total.